The van der Waals surface area contributed by atoms with Crippen LogP contribution in [0.5, 0.6) is 0 Å². The zero-order valence-corrected chi connectivity index (χ0v) is 7.73. The van der Waals surface area contributed by atoms with Crippen LogP contribution in [0.1, 0.15) is 27.2 Å². The number of hydrogen-bond acceptors (Lipinski definition) is 3. The number of hydrogen-bond donors (Lipinski definition) is 0. The number of nitrogens with zero attached hydrogens (tertiary/aromatic N) is 4. The van der Waals surface area contributed by atoms with Crippen LogP contribution in [-0.2, 0) is 0 Å². The van der Waals surface area contributed by atoms with Crippen molar-refractivity contribution in [2.24, 2.45) is 10.5 Å². The SMILES string of the molecule is CC(C)(C)C/C=N/n1cncn1. The first-order valence-electron chi connectivity index (χ1n) is 3.95. The quantitative estimate of drug-likeness (QED) is 0.625. The Hall–Kier alpha value is -1.19. The Labute approximate surface area is 72.3 Å². The molecule has 0 aliphatic rings. The van der Waals surface area contributed by atoms with E-state index in [0.29, 0.717) is 0 Å². The maximum atomic E-state index is 4.07. The lowest BCUT2D eigenvalue weighted by Crippen LogP contribution is -2.05. The monoisotopic (exact) mass is 166 g/mol. The van der Waals surface area contributed by atoms with Gasteiger partial charge in [-0.1, -0.05) is 20.8 Å². The Balaban J connectivity index is 2.42. The van der Waals surface area contributed by atoms with E-state index in [4.69, 9.17) is 0 Å². The molecule has 0 aliphatic carbocycles. The second-order valence-corrected chi connectivity index (χ2v) is 3.88. The lowest BCUT2D eigenvalue weighted by atomic mass is 9.93. The smallest absolute Gasteiger partial charge is 0.139 e. The summed E-state index contributed by atoms with van der Waals surface area (Å²) in [4.78, 5) is 5.23. The molecule has 0 bridgehead atoms. The summed E-state index contributed by atoms with van der Waals surface area (Å²) < 4.78 is 0. The van der Waals surface area contributed by atoms with E-state index >= 15 is 0 Å². The fourth-order valence-electron chi connectivity index (χ4n) is 0.660. The van der Waals surface area contributed by atoms with Gasteiger partial charge in [-0.05, 0) is 11.8 Å². The summed E-state index contributed by atoms with van der Waals surface area (Å²) in [6.07, 6.45) is 5.83. The van der Waals surface area contributed by atoms with Crippen LogP contribution in [0.3, 0.4) is 0 Å². The van der Waals surface area contributed by atoms with Gasteiger partial charge in [0.2, 0.25) is 0 Å². The van der Waals surface area contributed by atoms with Gasteiger partial charge in [0.1, 0.15) is 12.7 Å². The van der Waals surface area contributed by atoms with E-state index in [2.05, 4.69) is 36.0 Å². The Morgan fingerprint density at radius 3 is 2.75 bits per heavy atom. The van der Waals surface area contributed by atoms with Crippen LogP contribution in [-0.4, -0.2) is 21.1 Å². The van der Waals surface area contributed by atoms with Gasteiger partial charge in [0, 0.05) is 6.21 Å². The molecule has 4 heteroatoms. The summed E-state index contributed by atoms with van der Waals surface area (Å²) >= 11 is 0. The summed E-state index contributed by atoms with van der Waals surface area (Å²) in [5, 5.41) is 7.91. The molecule has 0 aliphatic heterocycles. The maximum absolute atomic E-state index is 4.07. The zero-order chi connectivity index (χ0) is 9.03. The normalized spacial score (nSPS) is 12.6. The first-order valence-corrected chi connectivity index (χ1v) is 3.95. The van der Waals surface area contributed by atoms with Crippen molar-refractivity contribution in [2.45, 2.75) is 27.2 Å². The lowest BCUT2D eigenvalue weighted by Gasteiger charge is -2.13. The molecule has 1 heterocycles. The van der Waals surface area contributed by atoms with Gasteiger partial charge in [-0.2, -0.15) is 5.10 Å². The first kappa shape index (κ1) is 8.90. The van der Waals surface area contributed by atoms with E-state index in [1.807, 2.05) is 6.21 Å². The van der Waals surface area contributed by atoms with E-state index in [9.17, 15) is 0 Å². The molecule has 0 N–H and O–H groups in total. The second kappa shape index (κ2) is 3.47. The predicted octanol–water partition coefficient (Wildman–Crippen LogP) is 1.55. The summed E-state index contributed by atoms with van der Waals surface area (Å²) in [5.41, 5.74) is 0.282. The molecule has 1 aromatic heterocycles. The molecule has 1 aromatic rings. The molecule has 0 aromatic carbocycles. The Morgan fingerprint density at radius 2 is 2.25 bits per heavy atom. The van der Waals surface area contributed by atoms with Gasteiger partial charge in [-0.3, -0.25) is 0 Å². The average Bonchev–Trinajstić information content (AvgIpc) is 2.36. The molecule has 0 fully saturated rings. The molecule has 0 saturated heterocycles. The topological polar surface area (TPSA) is 43.1 Å². The highest BCUT2D eigenvalue weighted by Gasteiger charge is 2.06. The molecule has 0 atom stereocenters. The van der Waals surface area contributed by atoms with Crippen molar-refractivity contribution in [3.8, 4) is 0 Å². The molecule has 66 valence electrons. The number of rotatable bonds is 2. The van der Waals surface area contributed by atoms with Gasteiger partial charge in [-0.15, -0.1) is 9.89 Å². The summed E-state index contributed by atoms with van der Waals surface area (Å²) in [7, 11) is 0. The van der Waals surface area contributed by atoms with Crippen LogP contribution < -0.4 is 0 Å². The summed E-state index contributed by atoms with van der Waals surface area (Å²) in [6, 6.07) is 0. The third kappa shape index (κ3) is 3.27. The molecule has 0 radical (unpaired) electrons. The summed E-state index contributed by atoms with van der Waals surface area (Å²) in [5.74, 6) is 0. The molecule has 0 saturated carbocycles. The van der Waals surface area contributed by atoms with Gasteiger partial charge in [0.05, 0.1) is 0 Å². The molecule has 1 rings (SSSR count). The van der Waals surface area contributed by atoms with Gasteiger partial charge < -0.3 is 0 Å². The minimum absolute atomic E-state index is 0.282. The summed E-state index contributed by atoms with van der Waals surface area (Å²) in [6.45, 7) is 6.50. The van der Waals surface area contributed by atoms with Gasteiger partial charge in [0.25, 0.3) is 0 Å². The van der Waals surface area contributed by atoms with Crippen LogP contribution in [0.25, 0.3) is 0 Å². The van der Waals surface area contributed by atoms with Crippen molar-refractivity contribution < 1.29 is 0 Å². The van der Waals surface area contributed by atoms with E-state index in [1.54, 1.807) is 6.33 Å². The minimum atomic E-state index is 0.282. The van der Waals surface area contributed by atoms with Crippen LogP contribution in [0.2, 0.25) is 0 Å². The highest BCUT2D eigenvalue weighted by molar-refractivity contribution is 5.57. The number of aromatic nitrogens is 3. The standard InChI is InChI=1S/C8H14N4/c1-8(2,3)4-5-10-12-7-9-6-11-12/h5-7H,4H2,1-3H3/b10-5+. The van der Waals surface area contributed by atoms with E-state index in [1.165, 1.54) is 11.1 Å². The Morgan fingerprint density at radius 1 is 1.50 bits per heavy atom. The fourth-order valence-corrected chi connectivity index (χ4v) is 0.660. The van der Waals surface area contributed by atoms with Crippen molar-refractivity contribution in [1.82, 2.24) is 14.9 Å². The minimum Gasteiger partial charge on any atom is -0.221 e. The highest BCUT2D eigenvalue weighted by atomic mass is 15.5. The molecule has 12 heavy (non-hydrogen) atoms. The van der Waals surface area contributed by atoms with Crippen LogP contribution in [0.15, 0.2) is 17.8 Å². The lowest BCUT2D eigenvalue weighted by molar-refractivity contribution is 0.436. The zero-order valence-electron chi connectivity index (χ0n) is 7.73. The van der Waals surface area contributed by atoms with Gasteiger partial charge in [-0.25, -0.2) is 4.98 Å². The average molecular weight is 166 g/mol. The van der Waals surface area contributed by atoms with Crippen molar-refractivity contribution in [1.29, 1.82) is 0 Å². The van der Waals surface area contributed by atoms with Gasteiger partial charge in [0.15, 0.2) is 0 Å². The highest BCUT2D eigenvalue weighted by Crippen LogP contribution is 2.15. The Kier molecular flexibility index (Phi) is 2.58. The molecule has 0 unspecified atom stereocenters. The maximum Gasteiger partial charge on any atom is 0.139 e. The fraction of sp³-hybridized carbons (Fsp3) is 0.625. The van der Waals surface area contributed by atoms with Crippen LogP contribution in [0.4, 0.5) is 0 Å². The first-order chi connectivity index (χ1) is 5.58. The van der Waals surface area contributed by atoms with E-state index < -0.39 is 0 Å². The van der Waals surface area contributed by atoms with Crippen molar-refractivity contribution >= 4 is 6.21 Å². The van der Waals surface area contributed by atoms with Gasteiger partial charge >= 0.3 is 0 Å². The van der Waals surface area contributed by atoms with Crippen LogP contribution >= 0.6 is 0 Å². The molecule has 0 amide bonds. The largest absolute Gasteiger partial charge is 0.221 e. The third-order valence-corrected chi connectivity index (χ3v) is 1.31. The third-order valence-electron chi connectivity index (χ3n) is 1.31. The second-order valence-electron chi connectivity index (χ2n) is 3.88. The van der Waals surface area contributed by atoms with E-state index in [0.717, 1.165) is 6.42 Å². The molecule has 4 nitrogen and oxygen atoms in total. The van der Waals surface area contributed by atoms with Crippen molar-refractivity contribution in [2.75, 3.05) is 0 Å². The van der Waals surface area contributed by atoms with Crippen molar-refractivity contribution in [3.63, 3.8) is 0 Å². The molecular weight excluding hydrogens is 152 g/mol. The van der Waals surface area contributed by atoms with Crippen LogP contribution in [0, 0.1) is 5.41 Å². The predicted molar refractivity (Wildman–Crippen MR) is 48.0 cm³/mol. The van der Waals surface area contributed by atoms with E-state index in [-0.39, 0.29) is 5.41 Å². The van der Waals surface area contributed by atoms with Crippen molar-refractivity contribution in [3.05, 3.63) is 12.7 Å². The molecular formula is C8H14N4. The molecule has 0 spiro atoms. The Bertz CT molecular complexity index is 243.